The summed E-state index contributed by atoms with van der Waals surface area (Å²) in [6.07, 6.45) is 21.0. The van der Waals surface area contributed by atoms with Gasteiger partial charge in [0.1, 0.15) is 0 Å². The number of thiophene rings is 1. The smallest absolute Gasteiger partial charge is 0.0604 e. The van der Waals surface area contributed by atoms with Crippen molar-refractivity contribution in [2.75, 3.05) is 0 Å². The molecule has 32 heavy (non-hydrogen) atoms. The largest absolute Gasteiger partial charge is 0.357 e. The lowest BCUT2D eigenvalue weighted by molar-refractivity contribution is 0.502. The second-order valence-electron chi connectivity index (χ2n) is 9.72. The minimum Gasteiger partial charge on any atom is -0.357 e. The second-order valence-corrected chi connectivity index (χ2v) is 12.1. The Labute approximate surface area is 203 Å². The molecule has 3 aromatic rings. The third-order valence-electron chi connectivity index (χ3n) is 7.15. The molecule has 0 fully saturated rings. The van der Waals surface area contributed by atoms with Gasteiger partial charge in [-0.25, -0.2) is 0 Å². The number of benzene rings is 1. The van der Waals surface area contributed by atoms with Crippen molar-refractivity contribution in [1.82, 2.24) is 4.98 Å². The van der Waals surface area contributed by atoms with Gasteiger partial charge in [-0.05, 0) is 23.9 Å². The van der Waals surface area contributed by atoms with Gasteiger partial charge < -0.3 is 4.98 Å². The lowest BCUT2D eigenvalue weighted by atomic mass is 9.93. The molecule has 1 aliphatic heterocycles. The topological polar surface area (TPSA) is 15.8 Å². The fraction of sp³-hybridized carbons (Fsp3) is 0.586. The lowest BCUT2D eigenvalue weighted by Crippen LogP contribution is -2.20. The first-order valence-corrected chi connectivity index (χ1v) is 14.8. The predicted molar refractivity (Wildman–Crippen MR) is 144 cm³/mol. The molecule has 1 N–H and O–H groups in total. The molecule has 1 aliphatic rings. The van der Waals surface area contributed by atoms with E-state index in [1.807, 2.05) is 11.3 Å². The molecule has 3 heterocycles. The Morgan fingerprint density at radius 3 is 2.09 bits per heavy atom. The summed E-state index contributed by atoms with van der Waals surface area (Å²) in [7, 11) is 0. The van der Waals surface area contributed by atoms with Crippen LogP contribution in [0.25, 0.3) is 10.9 Å². The van der Waals surface area contributed by atoms with Crippen LogP contribution in [0.1, 0.15) is 107 Å². The number of rotatable bonds is 15. The zero-order chi connectivity index (χ0) is 22.1. The Morgan fingerprint density at radius 1 is 0.781 bits per heavy atom. The summed E-state index contributed by atoms with van der Waals surface area (Å²) in [5.74, 6) is 0. The highest BCUT2D eigenvalue weighted by Gasteiger charge is 2.42. The van der Waals surface area contributed by atoms with Gasteiger partial charge in [0, 0.05) is 32.8 Å². The van der Waals surface area contributed by atoms with E-state index in [0.29, 0.717) is 0 Å². The van der Waals surface area contributed by atoms with Crippen LogP contribution in [0.2, 0.25) is 0 Å². The molecule has 0 radical (unpaired) electrons. The van der Waals surface area contributed by atoms with Crippen molar-refractivity contribution in [1.29, 1.82) is 0 Å². The van der Waals surface area contributed by atoms with E-state index in [9.17, 15) is 0 Å². The monoisotopic (exact) mass is 467 g/mol. The number of thioether (sulfide) groups is 1. The Bertz CT molecular complexity index is 926. The van der Waals surface area contributed by atoms with Gasteiger partial charge in [-0.15, -0.1) is 23.1 Å². The SMILES string of the molecule is CCCCCCCCCCCCCCCC1(c2cccs2)Cc2[nH]c3ccccc3c2S1. The van der Waals surface area contributed by atoms with E-state index in [4.69, 9.17) is 0 Å². The molecule has 1 unspecified atom stereocenters. The Balaban J connectivity index is 1.18. The molecule has 1 nitrogen and oxygen atoms in total. The second kappa shape index (κ2) is 12.3. The highest BCUT2D eigenvalue weighted by atomic mass is 32.2. The molecule has 0 saturated heterocycles. The number of para-hydroxylation sites is 1. The fourth-order valence-electron chi connectivity index (χ4n) is 5.30. The summed E-state index contributed by atoms with van der Waals surface area (Å²) in [4.78, 5) is 6.79. The zero-order valence-corrected chi connectivity index (χ0v) is 21.6. The van der Waals surface area contributed by atoms with Gasteiger partial charge in [0.25, 0.3) is 0 Å². The van der Waals surface area contributed by atoms with E-state index >= 15 is 0 Å². The van der Waals surface area contributed by atoms with E-state index in [1.54, 1.807) is 4.88 Å². The van der Waals surface area contributed by atoms with Crippen LogP contribution in [0.4, 0.5) is 0 Å². The van der Waals surface area contributed by atoms with E-state index in [1.165, 1.54) is 111 Å². The van der Waals surface area contributed by atoms with Gasteiger partial charge in [0.2, 0.25) is 0 Å². The molecular weight excluding hydrogens is 426 g/mol. The summed E-state index contributed by atoms with van der Waals surface area (Å²) in [6, 6.07) is 13.4. The number of aromatic amines is 1. The molecule has 174 valence electrons. The fourth-order valence-corrected chi connectivity index (χ4v) is 7.97. The zero-order valence-electron chi connectivity index (χ0n) is 20.0. The molecule has 0 aliphatic carbocycles. The number of unbranched alkanes of at least 4 members (excludes halogenated alkanes) is 12. The van der Waals surface area contributed by atoms with Crippen molar-refractivity contribution in [2.24, 2.45) is 0 Å². The summed E-state index contributed by atoms with van der Waals surface area (Å²) >= 11 is 4.09. The predicted octanol–water partition coefficient (Wildman–Crippen LogP) is 10.3. The highest BCUT2D eigenvalue weighted by molar-refractivity contribution is 8.01. The van der Waals surface area contributed by atoms with Crippen LogP contribution in [-0.2, 0) is 11.2 Å². The summed E-state index contributed by atoms with van der Waals surface area (Å²) < 4.78 is 0.247. The van der Waals surface area contributed by atoms with Crippen molar-refractivity contribution in [3.8, 4) is 0 Å². The average molecular weight is 468 g/mol. The Kier molecular flexibility index (Phi) is 9.22. The molecule has 2 aromatic heterocycles. The first-order valence-electron chi connectivity index (χ1n) is 13.1. The summed E-state index contributed by atoms with van der Waals surface area (Å²) in [6.45, 7) is 2.30. The van der Waals surface area contributed by atoms with Gasteiger partial charge in [0.05, 0.1) is 4.75 Å². The number of hydrogen-bond acceptors (Lipinski definition) is 2. The normalized spacial score (nSPS) is 17.9. The third-order valence-corrected chi connectivity index (χ3v) is 9.98. The Hall–Kier alpha value is -1.19. The van der Waals surface area contributed by atoms with Crippen LogP contribution in [0.5, 0.6) is 0 Å². The first-order chi connectivity index (χ1) is 15.8. The van der Waals surface area contributed by atoms with Crippen molar-refractivity contribution in [3.63, 3.8) is 0 Å². The van der Waals surface area contributed by atoms with Crippen LogP contribution in [0.15, 0.2) is 46.7 Å². The van der Waals surface area contributed by atoms with Crippen molar-refractivity contribution in [3.05, 3.63) is 52.3 Å². The number of nitrogens with one attached hydrogen (secondary N) is 1. The highest BCUT2D eigenvalue weighted by Crippen LogP contribution is 2.57. The number of hydrogen-bond donors (Lipinski definition) is 1. The van der Waals surface area contributed by atoms with E-state index in [2.05, 4.69) is 65.4 Å². The van der Waals surface area contributed by atoms with E-state index in [-0.39, 0.29) is 4.75 Å². The van der Waals surface area contributed by atoms with Gasteiger partial charge >= 0.3 is 0 Å². The van der Waals surface area contributed by atoms with Gasteiger partial charge in [-0.3, -0.25) is 0 Å². The maximum atomic E-state index is 3.73. The number of aromatic nitrogens is 1. The minimum absolute atomic E-state index is 0.247. The molecule has 4 rings (SSSR count). The number of fused-ring (bicyclic) bond motifs is 3. The summed E-state index contributed by atoms with van der Waals surface area (Å²) in [5, 5.41) is 3.67. The maximum absolute atomic E-state index is 3.73. The molecule has 0 saturated carbocycles. The van der Waals surface area contributed by atoms with Gasteiger partial charge in [-0.1, -0.05) is 115 Å². The maximum Gasteiger partial charge on any atom is 0.0604 e. The van der Waals surface area contributed by atoms with Crippen molar-refractivity contribution in [2.45, 2.75) is 113 Å². The van der Waals surface area contributed by atoms with Crippen molar-refractivity contribution >= 4 is 34.0 Å². The number of H-pyrrole nitrogens is 1. The molecule has 0 bridgehead atoms. The van der Waals surface area contributed by atoms with Gasteiger partial charge in [-0.2, -0.15) is 0 Å². The van der Waals surface area contributed by atoms with Crippen molar-refractivity contribution < 1.29 is 0 Å². The Morgan fingerprint density at radius 2 is 1.44 bits per heavy atom. The third kappa shape index (κ3) is 6.03. The lowest BCUT2D eigenvalue weighted by Gasteiger charge is -2.27. The molecule has 0 amide bonds. The molecule has 1 atom stereocenters. The quantitative estimate of drug-likeness (QED) is 0.220. The minimum atomic E-state index is 0.247. The van der Waals surface area contributed by atoms with Crippen LogP contribution in [-0.4, -0.2) is 4.98 Å². The van der Waals surface area contributed by atoms with E-state index in [0.717, 1.165) is 6.42 Å². The van der Waals surface area contributed by atoms with Gasteiger partial charge in [0.15, 0.2) is 0 Å². The first kappa shape index (κ1) is 24.0. The average Bonchev–Trinajstić information content (AvgIpc) is 3.53. The molecule has 0 spiro atoms. The van der Waals surface area contributed by atoms with E-state index < -0.39 is 0 Å². The van der Waals surface area contributed by atoms with Crippen LogP contribution >= 0.6 is 23.1 Å². The standard InChI is InChI=1S/C29H41NS2/c1-2-3-4-5-6-7-8-9-10-11-12-13-16-21-29(27-20-17-22-31-27)23-26-28(32-29)24-18-14-15-19-25(24)30-26/h14-15,17-20,22,30H,2-13,16,21,23H2,1H3. The van der Waals surface area contributed by atoms with Crippen LogP contribution in [0, 0.1) is 0 Å². The molecule has 1 aromatic carbocycles. The van der Waals surface area contributed by atoms with Crippen LogP contribution in [0.3, 0.4) is 0 Å². The molecule has 3 heteroatoms. The molecular formula is C29H41NS2. The van der Waals surface area contributed by atoms with Crippen LogP contribution < -0.4 is 0 Å². The summed E-state index contributed by atoms with van der Waals surface area (Å²) in [5.41, 5.74) is 2.75.